The minimum absolute atomic E-state index is 0. The molecule has 37 heteroatoms. The molecule has 0 bridgehead atoms. The van der Waals surface area contributed by atoms with E-state index in [1.807, 2.05) is 62.1 Å². The summed E-state index contributed by atoms with van der Waals surface area (Å²) >= 11 is 2.27. The fourth-order valence-electron chi connectivity index (χ4n) is 16.8. The van der Waals surface area contributed by atoms with Crippen molar-refractivity contribution in [2.24, 2.45) is 29.4 Å². The molecular weight excluding hydrogens is 1980 g/mol. The molecule has 36 nitrogen and oxygen atoms in total. The highest BCUT2D eigenvalue weighted by molar-refractivity contribution is 14.1. The summed E-state index contributed by atoms with van der Waals surface area (Å²) in [6.45, 7) is 30.6. The molecular formula is C108H170IN11O25. The number of esters is 6. The van der Waals surface area contributed by atoms with Crippen LogP contribution in [0, 0.1) is 27.2 Å². The average molecular weight is 2150 g/mol. The number of Topliss-reactive ketones (excluding diaryl/α,β-unsaturated/α-hetero) is 3. The molecule has 2 saturated heterocycles. The Morgan fingerprint density at radius 1 is 0.441 bits per heavy atom. The lowest BCUT2D eigenvalue weighted by Crippen LogP contribution is -2.52. The maximum absolute atomic E-state index is 14.5. The number of imide groups is 1. The minimum Gasteiger partial charge on any atom is -0.480 e. The molecule has 3 aromatic carbocycles. The maximum Gasteiger partial charge on any atom is 0.333 e. The van der Waals surface area contributed by atoms with Gasteiger partial charge in [0, 0.05) is 151 Å². The van der Waals surface area contributed by atoms with Crippen LogP contribution in [0.4, 0.5) is 4.79 Å². The summed E-state index contributed by atoms with van der Waals surface area (Å²) < 4.78 is 34.3. The highest BCUT2D eigenvalue weighted by atomic mass is 127. The van der Waals surface area contributed by atoms with Crippen molar-refractivity contribution in [3.63, 3.8) is 0 Å². The zero-order chi connectivity index (χ0) is 107. The molecule has 2 heterocycles. The number of aryl methyl sites for hydroxylation is 1. The van der Waals surface area contributed by atoms with Gasteiger partial charge in [-0.1, -0.05) is 87.7 Å². The number of carboxylic acids is 1. The molecule has 0 spiro atoms. The van der Waals surface area contributed by atoms with Crippen LogP contribution in [0.5, 0.6) is 0 Å². The Balaban J connectivity index is 0.00000167. The number of nitrogens with one attached hydrogen (secondary N) is 5. The van der Waals surface area contributed by atoms with E-state index >= 15 is 0 Å². The van der Waals surface area contributed by atoms with Crippen molar-refractivity contribution in [2.75, 3.05) is 105 Å². The lowest BCUT2D eigenvalue weighted by molar-refractivity contribution is -0.197. The van der Waals surface area contributed by atoms with E-state index in [1.165, 1.54) is 16.2 Å². The molecule has 7 amide bonds. The quantitative estimate of drug-likeness (QED) is 0.00907. The van der Waals surface area contributed by atoms with Crippen LogP contribution < -0.4 is 32.3 Å². The molecule has 3 fully saturated rings. The molecule has 3 aliphatic rings. The number of fused-ring (bicyclic) bond motifs is 1. The number of ether oxygens (including phenoxy) is 6. The highest BCUT2D eigenvalue weighted by Gasteiger charge is 2.37. The molecule has 145 heavy (non-hydrogen) atoms. The third kappa shape index (κ3) is 56.7. The lowest BCUT2D eigenvalue weighted by Gasteiger charge is -2.34. The normalized spacial score (nSPS) is 16.6. The summed E-state index contributed by atoms with van der Waals surface area (Å²) in [6.07, 6.45) is 11.8. The predicted molar refractivity (Wildman–Crippen MR) is 559 cm³/mol. The number of hydrogen-bond acceptors (Lipinski definition) is 29. The van der Waals surface area contributed by atoms with E-state index in [1.54, 1.807) is 104 Å². The van der Waals surface area contributed by atoms with Crippen molar-refractivity contribution in [3.8, 4) is 0 Å². The second kappa shape index (κ2) is 65.0. The van der Waals surface area contributed by atoms with E-state index in [-0.39, 0.29) is 158 Å². The second-order valence-corrected chi connectivity index (χ2v) is 44.3. The Labute approximate surface area is 872 Å². The predicted octanol–water partition coefficient (Wildman–Crippen LogP) is 13.1. The number of aliphatic carboxylic acids is 1. The number of benzene rings is 3. The molecule has 0 radical (unpaired) electrons. The number of nitrogens with zero attached hydrogens (tertiary/aromatic N) is 5. The first kappa shape index (κ1) is 127. The number of unbranched alkanes of at least 4 members (excludes halogenated alkanes) is 7. The van der Waals surface area contributed by atoms with E-state index in [0.29, 0.717) is 180 Å². The zero-order valence-electron chi connectivity index (χ0n) is 88.4. The molecule has 8 N–H and O–H groups in total. The minimum atomic E-state index is -1.26. The number of carboxylic acid groups (broad SMARTS) is 1. The Kier molecular flexibility index (Phi) is 57.1. The van der Waals surface area contributed by atoms with Crippen LogP contribution in [-0.2, 0) is 123 Å². The third-order valence-corrected chi connectivity index (χ3v) is 24.9. The van der Waals surface area contributed by atoms with E-state index in [0.717, 1.165) is 35.6 Å². The lowest BCUT2D eigenvalue weighted by atomic mass is 9.77. The Morgan fingerprint density at radius 2 is 0.897 bits per heavy atom. The molecule has 4 unspecified atom stereocenters. The van der Waals surface area contributed by atoms with Crippen LogP contribution >= 0.6 is 22.6 Å². The molecule has 2 aliphatic heterocycles. The van der Waals surface area contributed by atoms with Gasteiger partial charge in [0.2, 0.25) is 17.7 Å². The van der Waals surface area contributed by atoms with Gasteiger partial charge in [-0.25, -0.2) is 19.2 Å². The summed E-state index contributed by atoms with van der Waals surface area (Å²) in [5, 5.41) is 25.3. The number of halogens is 1. The van der Waals surface area contributed by atoms with Crippen molar-refractivity contribution in [1.82, 2.24) is 51.2 Å². The molecule has 0 aromatic heterocycles. The number of carbonyl (C=O) groups is 17. The van der Waals surface area contributed by atoms with Crippen LogP contribution in [0.2, 0.25) is 0 Å². The average Bonchev–Trinajstić information content (AvgIpc) is 1.81. The van der Waals surface area contributed by atoms with Gasteiger partial charge in [0.05, 0.1) is 33.3 Å². The second-order valence-electron chi connectivity index (χ2n) is 43.1. The summed E-state index contributed by atoms with van der Waals surface area (Å²) in [5.41, 5.74) is 3.67. The van der Waals surface area contributed by atoms with Crippen LogP contribution in [0.3, 0.4) is 0 Å². The van der Waals surface area contributed by atoms with Gasteiger partial charge in [0.25, 0.3) is 11.8 Å². The van der Waals surface area contributed by atoms with Gasteiger partial charge < -0.3 is 70.7 Å². The molecule has 1 aliphatic carbocycles. The van der Waals surface area contributed by atoms with Gasteiger partial charge in [-0.05, 0) is 282 Å². The monoisotopic (exact) mass is 2150 g/mol. The Hall–Kier alpha value is -9.96. The smallest absolute Gasteiger partial charge is 0.333 e. The first-order valence-corrected chi connectivity index (χ1v) is 52.5. The zero-order valence-corrected chi connectivity index (χ0v) is 90.5. The standard InChI is InChI=1S/C91H143N9O22.C16H23IN2O3.CH4/c1-87(2,3)117-77(106)44-41-73(85(114)121-91(13,14)15)95-86(115)94-72(84(113)116-16)33-26-27-45-92-83(112)69(55-64-37-38-65-28-24-25-29-67(65)54-64)57-74(103)66-39-35-63(36-40-66)58-93-82(111)68(56-70(101)31-21-17-18-23-34-78(107)122-100-75(104)42-43-76(100)105)30-20-19-22-32-71(102)59-96-46-48-97(60-79(108)118-88(4,5)6)50-52-99(62-81(110)120-90(10,11)12)53-51-98(49-47-96)61-80(109)119-89(7,8)9;17-13-9-7-12(8-10-13)4-3-6-15(20)19-11-2-1-5-14(18)16(21)22;/h24-25,28-29,37-38,54,63,66,68-69,72-73H,17-23,26-27,30-36,39-53,55-62H2,1-16H3,(H,92,112)(H,93,111)(H2,94,95,115);7-10,14H,1-6,11,18H2,(H,19,20)(H,21,22);1H4/t;14-;/m.0./s1. The number of hydrogen-bond donors (Lipinski definition) is 7. The van der Waals surface area contributed by atoms with Gasteiger partial charge in [-0.15, -0.1) is 5.06 Å². The number of ketones is 3. The van der Waals surface area contributed by atoms with Gasteiger partial charge in [-0.2, -0.15) is 0 Å². The number of nitrogens with two attached hydrogens (primary N) is 1. The number of methoxy groups -OCH3 is 1. The van der Waals surface area contributed by atoms with Crippen LogP contribution in [0.15, 0.2) is 66.7 Å². The Bertz CT molecular complexity index is 4580. The van der Waals surface area contributed by atoms with Crippen molar-refractivity contribution >= 4 is 134 Å². The number of hydroxylamine groups is 2. The van der Waals surface area contributed by atoms with E-state index < -0.39 is 124 Å². The molecule has 5 atom stereocenters. The molecule has 1 saturated carbocycles. The van der Waals surface area contributed by atoms with E-state index in [2.05, 4.69) is 73.4 Å². The molecule has 814 valence electrons. The number of carbonyl (C=O) groups excluding carboxylic acids is 16. The van der Waals surface area contributed by atoms with Crippen LogP contribution in [0.1, 0.15) is 309 Å². The van der Waals surface area contributed by atoms with Crippen molar-refractivity contribution in [1.29, 1.82) is 0 Å². The molecule has 6 rings (SSSR count). The number of urea groups is 1. The summed E-state index contributed by atoms with van der Waals surface area (Å²) in [4.78, 5) is 235. The molecule has 3 aromatic rings. The largest absolute Gasteiger partial charge is 0.480 e. The van der Waals surface area contributed by atoms with Gasteiger partial charge in [-0.3, -0.25) is 81.9 Å². The SMILES string of the molecule is C.COC(=O)C(CCCCNC(=O)C(CC(=O)C1CCC(CNC(=O)C(CCCCCC(=O)CN2CCN(CC(=O)OC(C)(C)C)CCN(CC(=O)OC(C)(C)C)CCN(CC(=O)OC(C)(C)C)CC2)CC(=O)CCCCCCC(=O)ON2C(=O)CCC2=O)CC1)Cc1ccc2ccccc2c1)NC(=O)NC(CCC(=O)OC(C)(C)C)C(=O)OC(C)(C)C.N[C@@H](CCCCNC(=O)CCCc1ccc(I)cc1)C(=O)O. The van der Waals surface area contributed by atoms with Crippen LogP contribution in [-0.4, -0.2) is 282 Å². The fraction of sp³-hybridized carbons (Fsp3) is 0.694. The maximum atomic E-state index is 14.5. The third-order valence-electron chi connectivity index (χ3n) is 24.2. The first-order chi connectivity index (χ1) is 67.6. The van der Waals surface area contributed by atoms with Crippen LogP contribution in [0.25, 0.3) is 10.8 Å². The summed E-state index contributed by atoms with van der Waals surface area (Å²) in [7, 11) is 1.18. The van der Waals surface area contributed by atoms with Gasteiger partial charge in [0.1, 0.15) is 63.5 Å². The first-order valence-electron chi connectivity index (χ1n) is 51.5. The summed E-state index contributed by atoms with van der Waals surface area (Å²) in [5.74, 6) is -8.50. The van der Waals surface area contributed by atoms with Crippen molar-refractivity contribution in [2.45, 2.75) is 356 Å². The van der Waals surface area contributed by atoms with Gasteiger partial charge >= 0.3 is 53.8 Å². The van der Waals surface area contributed by atoms with Gasteiger partial charge in [0.15, 0.2) is 0 Å². The van der Waals surface area contributed by atoms with Crippen molar-refractivity contribution < 1.29 is 120 Å². The number of amides is 7. The van der Waals surface area contributed by atoms with E-state index in [9.17, 15) is 81.5 Å². The highest BCUT2D eigenvalue weighted by Crippen LogP contribution is 2.33. The van der Waals surface area contributed by atoms with E-state index in [4.69, 9.17) is 44.1 Å². The fourth-order valence-corrected chi connectivity index (χ4v) is 17.2. The number of rotatable bonds is 55. The summed E-state index contributed by atoms with van der Waals surface area (Å²) in [6, 6.07) is 18.1. The van der Waals surface area contributed by atoms with Crippen molar-refractivity contribution in [3.05, 3.63) is 81.4 Å². The topological polar surface area (TPSA) is 477 Å². The Morgan fingerprint density at radius 3 is 1.41 bits per heavy atom.